The van der Waals surface area contributed by atoms with Gasteiger partial charge in [-0.2, -0.15) is 0 Å². The molecule has 3 aliphatic heterocycles. The van der Waals surface area contributed by atoms with Gasteiger partial charge in [-0.05, 0) is 67.7 Å². The molecule has 0 spiro atoms. The highest BCUT2D eigenvalue weighted by Gasteiger charge is 2.44. The van der Waals surface area contributed by atoms with Crippen molar-refractivity contribution in [1.82, 2.24) is 15.1 Å². The van der Waals surface area contributed by atoms with E-state index in [-0.39, 0.29) is 35.6 Å². The Morgan fingerprint density at radius 2 is 1.68 bits per heavy atom. The van der Waals surface area contributed by atoms with Gasteiger partial charge in [-0.1, -0.05) is 12.1 Å². The minimum absolute atomic E-state index is 0.0153. The molecule has 4 aliphatic rings. The fourth-order valence-electron chi connectivity index (χ4n) is 6.03. The van der Waals surface area contributed by atoms with Crippen LogP contribution < -0.4 is 10.1 Å². The number of amides is 3. The van der Waals surface area contributed by atoms with Gasteiger partial charge in [0.1, 0.15) is 11.9 Å². The first-order valence-electron chi connectivity index (χ1n) is 12.7. The van der Waals surface area contributed by atoms with Gasteiger partial charge < -0.3 is 24.6 Å². The molecule has 5 atom stereocenters. The van der Waals surface area contributed by atoms with Gasteiger partial charge in [-0.3, -0.25) is 9.59 Å². The molecule has 5 rings (SSSR count). The number of nitrogens with zero attached hydrogens (tertiary/aromatic N) is 2. The Morgan fingerprint density at radius 3 is 2.32 bits per heavy atom. The van der Waals surface area contributed by atoms with Crippen LogP contribution in [0, 0.1) is 17.8 Å². The summed E-state index contributed by atoms with van der Waals surface area (Å²) in [6.45, 7) is 2.58. The number of benzene rings is 1. The highest BCUT2D eigenvalue weighted by atomic mass is 19.4. The van der Waals surface area contributed by atoms with Crippen LogP contribution in [0.4, 0.5) is 18.0 Å². The lowest BCUT2D eigenvalue weighted by Crippen LogP contribution is -2.43. The molecule has 1 aliphatic carbocycles. The molecule has 3 heterocycles. The lowest BCUT2D eigenvalue weighted by Gasteiger charge is -2.31. The summed E-state index contributed by atoms with van der Waals surface area (Å²) >= 11 is 0. The van der Waals surface area contributed by atoms with E-state index in [1.165, 1.54) is 30.3 Å². The Balaban J connectivity index is 1.10. The Hall–Kier alpha value is -3.24. The molecule has 0 radical (unpaired) electrons. The van der Waals surface area contributed by atoms with Crippen molar-refractivity contribution < 1.29 is 37.0 Å². The molecular formula is C26H30F3N3O5. The van der Waals surface area contributed by atoms with E-state index in [0.717, 1.165) is 25.7 Å². The van der Waals surface area contributed by atoms with Crippen molar-refractivity contribution in [2.75, 3.05) is 26.2 Å². The summed E-state index contributed by atoms with van der Waals surface area (Å²) in [5.74, 6) is 0.267. The lowest BCUT2D eigenvalue weighted by molar-refractivity contribution is -0.274. The van der Waals surface area contributed by atoms with Crippen LogP contribution in [0.25, 0.3) is 6.08 Å². The lowest BCUT2D eigenvalue weighted by atomic mass is 9.83. The second kappa shape index (κ2) is 10.3. The summed E-state index contributed by atoms with van der Waals surface area (Å²) in [4.78, 5) is 41.2. The van der Waals surface area contributed by atoms with Gasteiger partial charge in [0.05, 0.1) is 6.04 Å². The smallest absolute Gasteiger partial charge is 0.444 e. The number of nitrogens with one attached hydrogen (secondary N) is 1. The standard InChI is InChI=1S/C26H30F3N3O5/c27-26(28,29)37-20-5-1-16(2-6-20)3-8-23(33)31-11-9-18-14-32(15-19(18)10-12-31)24(34)17-4-7-21-22(13-17)36-25(35)30-21/h1-3,5-6,8,17-19,21-22H,4,7,9-15H2,(H,30,35)/t17-,18-,19+,21-,22-/m0/s1. The van der Waals surface area contributed by atoms with Crippen LogP contribution in [0.3, 0.4) is 0 Å². The number of hydrogen-bond donors (Lipinski definition) is 1. The van der Waals surface area contributed by atoms with Crippen molar-refractivity contribution in [3.8, 4) is 5.75 Å². The molecule has 0 aromatic heterocycles. The maximum absolute atomic E-state index is 13.2. The number of ether oxygens (including phenoxy) is 2. The Morgan fingerprint density at radius 1 is 1.00 bits per heavy atom. The van der Waals surface area contributed by atoms with E-state index in [1.54, 1.807) is 11.0 Å². The first-order valence-corrected chi connectivity index (χ1v) is 12.7. The summed E-state index contributed by atoms with van der Waals surface area (Å²) in [7, 11) is 0. The Bertz CT molecular complexity index is 1040. The van der Waals surface area contributed by atoms with Gasteiger partial charge in [0.25, 0.3) is 0 Å². The highest BCUT2D eigenvalue weighted by molar-refractivity contribution is 5.91. The zero-order valence-corrected chi connectivity index (χ0v) is 20.3. The number of fused-ring (bicyclic) bond motifs is 2. The van der Waals surface area contributed by atoms with Crippen LogP contribution in [-0.2, 0) is 14.3 Å². The van der Waals surface area contributed by atoms with Crippen molar-refractivity contribution in [2.45, 2.75) is 50.6 Å². The van der Waals surface area contributed by atoms with Crippen molar-refractivity contribution in [2.24, 2.45) is 17.8 Å². The number of halogens is 3. The highest BCUT2D eigenvalue weighted by Crippen LogP contribution is 2.36. The molecule has 1 saturated carbocycles. The minimum Gasteiger partial charge on any atom is -0.444 e. The number of rotatable bonds is 4. The first kappa shape index (κ1) is 25.4. The average molecular weight is 522 g/mol. The monoisotopic (exact) mass is 521 g/mol. The largest absolute Gasteiger partial charge is 0.573 e. The van der Waals surface area contributed by atoms with Crippen LogP contribution in [0.2, 0.25) is 0 Å². The number of alkyl carbamates (subject to hydrolysis) is 1. The normalized spacial score (nSPS) is 29.8. The van der Waals surface area contributed by atoms with E-state index < -0.39 is 12.5 Å². The van der Waals surface area contributed by atoms with Gasteiger partial charge in [0.15, 0.2) is 0 Å². The van der Waals surface area contributed by atoms with Gasteiger partial charge >= 0.3 is 12.5 Å². The van der Waals surface area contributed by atoms with Gasteiger partial charge in [-0.15, -0.1) is 13.2 Å². The quantitative estimate of drug-likeness (QED) is 0.613. The molecule has 1 N–H and O–H groups in total. The SMILES string of the molecule is O=C1N[C@H]2CC[C@H](C(=O)N3C[C@H]4CCN(C(=O)C=Cc5ccc(OC(F)(F)F)cc5)CC[C@H]4C3)C[C@@H]2O1. The van der Waals surface area contributed by atoms with Gasteiger partial charge in [0, 0.05) is 38.2 Å². The maximum atomic E-state index is 13.2. The van der Waals surface area contributed by atoms with Crippen LogP contribution in [0.15, 0.2) is 30.3 Å². The third-order valence-corrected chi connectivity index (χ3v) is 7.97. The summed E-state index contributed by atoms with van der Waals surface area (Å²) in [6, 6.07) is 5.36. The van der Waals surface area contributed by atoms with Crippen molar-refractivity contribution in [3.63, 3.8) is 0 Å². The summed E-state index contributed by atoms with van der Waals surface area (Å²) in [5, 5.41) is 2.81. The molecule has 3 saturated heterocycles. The molecule has 4 fully saturated rings. The zero-order chi connectivity index (χ0) is 26.2. The Kier molecular flexibility index (Phi) is 7.04. The summed E-state index contributed by atoms with van der Waals surface area (Å²) in [6.07, 6.45) is 1.37. The fourth-order valence-corrected chi connectivity index (χ4v) is 6.03. The minimum atomic E-state index is -4.74. The van der Waals surface area contributed by atoms with E-state index in [4.69, 9.17) is 4.74 Å². The molecule has 200 valence electrons. The second-order valence-corrected chi connectivity index (χ2v) is 10.3. The third kappa shape index (κ3) is 6.02. The van der Waals surface area contributed by atoms with Crippen molar-refractivity contribution >= 4 is 24.0 Å². The molecule has 0 unspecified atom stereocenters. The third-order valence-electron chi connectivity index (χ3n) is 7.97. The molecule has 1 aromatic rings. The zero-order valence-electron chi connectivity index (χ0n) is 20.3. The molecule has 8 nitrogen and oxygen atoms in total. The second-order valence-electron chi connectivity index (χ2n) is 10.3. The number of carbonyl (C=O) groups is 3. The van der Waals surface area contributed by atoms with Crippen LogP contribution in [-0.4, -0.2) is 72.4 Å². The first-order chi connectivity index (χ1) is 17.6. The van der Waals surface area contributed by atoms with E-state index in [1.807, 2.05) is 4.90 Å². The van der Waals surface area contributed by atoms with Crippen LogP contribution >= 0.6 is 0 Å². The molecule has 3 amide bonds. The van der Waals surface area contributed by atoms with E-state index in [2.05, 4.69) is 10.1 Å². The van der Waals surface area contributed by atoms with Crippen molar-refractivity contribution in [1.29, 1.82) is 0 Å². The van der Waals surface area contributed by atoms with Gasteiger partial charge in [-0.25, -0.2) is 4.79 Å². The van der Waals surface area contributed by atoms with Crippen LogP contribution in [0.1, 0.15) is 37.7 Å². The predicted molar refractivity (Wildman–Crippen MR) is 126 cm³/mol. The number of hydrogen-bond acceptors (Lipinski definition) is 5. The molecule has 0 bridgehead atoms. The van der Waals surface area contributed by atoms with Gasteiger partial charge in [0.2, 0.25) is 11.8 Å². The van der Waals surface area contributed by atoms with Crippen molar-refractivity contribution in [3.05, 3.63) is 35.9 Å². The number of likely N-dealkylation sites (tertiary alicyclic amines) is 2. The van der Waals surface area contributed by atoms with E-state index >= 15 is 0 Å². The average Bonchev–Trinajstić information content (AvgIpc) is 3.37. The molecule has 11 heteroatoms. The maximum Gasteiger partial charge on any atom is 0.573 e. The molecule has 37 heavy (non-hydrogen) atoms. The topological polar surface area (TPSA) is 88.2 Å². The van der Waals surface area contributed by atoms with Crippen LogP contribution in [0.5, 0.6) is 5.75 Å². The summed E-state index contributed by atoms with van der Waals surface area (Å²) in [5.41, 5.74) is 0.598. The summed E-state index contributed by atoms with van der Waals surface area (Å²) < 4.78 is 46.1. The van der Waals surface area contributed by atoms with E-state index in [9.17, 15) is 27.6 Å². The fraction of sp³-hybridized carbons (Fsp3) is 0.577. The Labute approximate surface area is 212 Å². The van der Waals surface area contributed by atoms with E-state index in [0.29, 0.717) is 50.0 Å². The molecule has 1 aromatic carbocycles. The number of alkyl halides is 3. The number of carbonyl (C=O) groups excluding carboxylic acids is 3. The predicted octanol–water partition coefficient (Wildman–Crippen LogP) is 3.57. The molecular weight excluding hydrogens is 491 g/mol.